The van der Waals surface area contributed by atoms with Gasteiger partial charge in [-0.15, -0.1) is 0 Å². The molecule has 4 heteroatoms. The van der Waals surface area contributed by atoms with Crippen LogP contribution in [0, 0.1) is 6.92 Å². The summed E-state index contributed by atoms with van der Waals surface area (Å²) in [6, 6.07) is 5.36. The minimum absolute atomic E-state index is 0.471. The third-order valence-electron chi connectivity index (χ3n) is 3.08. The Morgan fingerprint density at radius 3 is 2.35 bits per heavy atom. The minimum Gasteiger partial charge on any atom is -0.349 e. The topological polar surface area (TPSA) is 35.5 Å². The molecule has 0 saturated heterocycles. The zero-order valence-corrected chi connectivity index (χ0v) is 11.3. The maximum absolute atomic E-state index is 11.3. The molecule has 0 aliphatic carbocycles. The number of ether oxygens (including phenoxy) is 2. The Morgan fingerprint density at radius 1 is 1.35 bits per heavy atom. The first kappa shape index (κ1) is 14.2. The van der Waals surface area contributed by atoms with Gasteiger partial charge in [-0.2, -0.15) is 0 Å². The Bertz CT molecular complexity index is 403. The van der Waals surface area contributed by atoms with E-state index in [2.05, 4.69) is 0 Å². The molecule has 17 heavy (non-hydrogen) atoms. The molecule has 0 aliphatic rings. The van der Waals surface area contributed by atoms with Gasteiger partial charge in [0.15, 0.2) is 5.79 Å². The minimum atomic E-state index is -0.827. The second-order valence-corrected chi connectivity index (χ2v) is 4.11. The third kappa shape index (κ3) is 2.51. The van der Waals surface area contributed by atoms with Crippen molar-refractivity contribution in [3.8, 4) is 0 Å². The monoisotopic (exact) mass is 256 g/mol. The molecule has 0 fully saturated rings. The molecule has 0 heterocycles. The Balaban J connectivity index is 3.40. The molecule has 0 amide bonds. The molecule has 0 aromatic heterocycles. The lowest BCUT2D eigenvalue weighted by Gasteiger charge is -2.31. The molecule has 0 aliphatic heterocycles. The van der Waals surface area contributed by atoms with Crippen molar-refractivity contribution in [3.63, 3.8) is 0 Å². The van der Waals surface area contributed by atoms with E-state index in [9.17, 15) is 4.79 Å². The summed E-state index contributed by atoms with van der Waals surface area (Å²) in [5.74, 6) is -0.827. The van der Waals surface area contributed by atoms with Crippen LogP contribution in [0.3, 0.4) is 0 Å². The molecule has 0 spiro atoms. The van der Waals surface area contributed by atoms with Crippen molar-refractivity contribution in [2.24, 2.45) is 0 Å². The zero-order valence-electron chi connectivity index (χ0n) is 10.5. The van der Waals surface area contributed by atoms with Crippen LogP contribution in [0.25, 0.3) is 0 Å². The summed E-state index contributed by atoms with van der Waals surface area (Å²) in [4.78, 5) is 11.3. The van der Waals surface area contributed by atoms with Crippen molar-refractivity contribution in [3.05, 3.63) is 34.9 Å². The number of hydrogen-bond acceptors (Lipinski definition) is 3. The normalized spacial score (nSPS) is 11.6. The highest BCUT2D eigenvalue weighted by molar-refractivity contribution is 6.67. The molecule has 0 atom stereocenters. The first-order chi connectivity index (χ1) is 8.02. The zero-order chi connectivity index (χ0) is 13.1. The average molecular weight is 257 g/mol. The Labute approximate surface area is 107 Å². The molecule has 0 radical (unpaired) electrons. The van der Waals surface area contributed by atoms with Gasteiger partial charge in [-0.3, -0.25) is 4.79 Å². The predicted molar refractivity (Wildman–Crippen MR) is 67.3 cm³/mol. The molecule has 3 nitrogen and oxygen atoms in total. The fourth-order valence-corrected chi connectivity index (χ4v) is 2.25. The molecule has 94 valence electrons. The van der Waals surface area contributed by atoms with E-state index in [4.69, 9.17) is 21.1 Å². The molecule has 1 rings (SSSR count). The fourth-order valence-electron chi connectivity index (χ4n) is 2.04. The van der Waals surface area contributed by atoms with Crippen LogP contribution in [0.2, 0.25) is 0 Å². The van der Waals surface area contributed by atoms with Gasteiger partial charge in [-0.25, -0.2) is 0 Å². The lowest BCUT2D eigenvalue weighted by Crippen LogP contribution is -2.31. The fraction of sp³-hybridized carbons (Fsp3) is 0.462. The maximum Gasteiger partial charge on any atom is 0.252 e. The first-order valence-electron chi connectivity index (χ1n) is 5.42. The van der Waals surface area contributed by atoms with Crippen molar-refractivity contribution in [2.75, 3.05) is 14.2 Å². The van der Waals surface area contributed by atoms with Crippen LogP contribution >= 0.6 is 11.6 Å². The smallest absolute Gasteiger partial charge is 0.252 e. The maximum atomic E-state index is 11.3. The Kier molecular flexibility index (Phi) is 4.69. The molecular weight excluding hydrogens is 240 g/mol. The highest BCUT2D eigenvalue weighted by Gasteiger charge is 2.32. The van der Waals surface area contributed by atoms with E-state index in [-0.39, 0.29) is 0 Å². The number of carbonyl (C=O) groups is 1. The Morgan fingerprint density at radius 2 is 1.94 bits per heavy atom. The van der Waals surface area contributed by atoms with Gasteiger partial charge in [0.25, 0.3) is 5.24 Å². The summed E-state index contributed by atoms with van der Waals surface area (Å²) >= 11 is 5.54. The summed E-state index contributed by atoms with van der Waals surface area (Å²) < 4.78 is 10.9. The number of halogens is 1. The number of carbonyl (C=O) groups excluding carboxylic acids is 1. The van der Waals surface area contributed by atoms with Crippen molar-refractivity contribution < 1.29 is 14.3 Å². The molecule has 0 bridgehead atoms. The highest BCUT2D eigenvalue weighted by Crippen LogP contribution is 2.33. The second kappa shape index (κ2) is 5.63. The van der Waals surface area contributed by atoms with Gasteiger partial charge in [0, 0.05) is 31.8 Å². The van der Waals surface area contributed by atoms with Gasteiger partial charge < -0.3 is 9.47 Å². The van der Waals surface area contributed by atoms with Crippen LogP contribution in [-0.4, -0.2) is 19.5 Å². The summed E-state index contributed by atoms with van der Waals surface area (Å²) in [6.45, 7) is 3.80. The van der Waals surface area contributed by atoms with E-state index in [1.54, 1.807) is 26.4 Å². The summed E-state index contributed by atoms with van der Waals surface area (Å²) in [6.07, 6.45) is 0.640. The van der Waals surface area contributed by atoms with E-state index in [0.717, 1.165) is 11.1 Å². The number of rotatable bonds is 5. The number of hydrogen-bond donors (Lipinski definition) is 0. The summed E-state index contributed by atoms with van der Waals surface area (Å²) in [5, 5.41) is -0.471. The second-order valence-electron chi connectivity index (χ2n) is 3.77. The van der Waals surface area contributed by atoms with Crippen molar-refractivity contribution in [1.29, 1.82) is 0 Å². The average Bonchev–Trinajstić information content (AvgIpc) is 2.33. The van der Waals surface area contributed by atoms with Crippen molar-refractivity contribution in [2.45, 2.75) is 26.1 Å². The molecule has 0 N–H and O–H groups in total. The van der Waals surface area contributed by atoms with Gasteiger partial charge in [0.1, 0.15) is 0 Å². The SMILES string of the molecule is CCC(OC)(OC)c1cccc(C(=O)Cl)c1C. The van der Waals surface area contributed by atoms with Gasteiger partial charge in [-0.1, -0.05) is 19.1 Å². The van der Waals surface area contributed by atoms with E-state index in [1.165, 1.54) is 0 Å². The van der Waals surface area contributed by atoms with Crippen LogP contribution in [0.5, 0.6) is 0 Å². The van der Waals surface area contributed by atoms with Crippen molar-refractivity contribution in [1.82, 2.24) is 0 Å². The standard InChI is InChI=1S/C13H17ClO3/c1-5-13(16-3,17-4)11-8-6-7-10(9(11)2)12(14)15/h6-8H,5H2,1-4H3. The molecule has 0 saturated carbocycles. The molecular formula is C13H17ClO3. The van der Waals surface area contributed by atoms with Gasteiger partial charge in [0.2, 0.25) is 0 Å². The number of methoxy groups -OCH3 is 2. The largest absolute Gasteiger partial charge is 0.349 e. The first-order valence-corrected chi connectivity index (χ1v) is 5.80. The van der Waals surface area contributed by atoms with E-state index < -0.39 is 11.0 Å². The number of benzene rings is 1. The summed E-state index contributed by atoms with van der Waals surface area (Å²) in [5.41, 5.74) is 2.10. The van der Waals surface area contributed by atoms with Crippen LogP contribution < -0.4 is 0 Å². The Hall–Kier alpha value is -0.900. The summed E-state index contributed by atoms with van der Waals surface area (Å²) in [7, 11) is 3.17. The molecule has 0 unspecified atom stereocenters. The van der Waals surface area contributed by atoms with Gasteiger partial charge >= 0.3 is 0 Å². The van der Waals surface area contributed by atoms with Crippen molar-refractivity contribution >= 4 is 16.8 Å². The lowest BCUT2D eigenvalue weighted by atomic mass is 9.94. The van der Waals surface area contributed by atoms with E-state index in [1.807, 2.05) is 19.9 Å². The lowest BCUT2D eigenvalue weighted by molar-refractivity contribution is -0.217. The molecule has 1 aromatic carbocycles. The molecule has 1 aromatic rings. The predicted octanol–water partition coefficient (Wildman–Crippen LogP) is 3.23. The van der Waals surface area contributed by atoms with E-state index >= 15 is 0 Å². The quantitative estimate of drug-likeness (QED) is 0.599. The third-order valence-corrected chi connectivity index (χ3v) is 3.28. The van der Waals surface area contributed by atoms with Crippen LogP contribution in [0.4, 0.5) is 0 Å². The van der Waals surface area contributed by atoms with Gasteiger partial charge in [-0.05, 0) is 30.2 Å². The van der Waals surface area contributed by atoms with Crippen LogP contribution in [-0.2, 0) is 15.3 Å². The van der Waals surface area contributed by atoms with Crippen LogP contribution in [0.15, 0.2) is 18.2 Å². The van der Waals surface area contributed by atoms with Crippen LogP contribution in [0.1, 0.15) is 34.8 Å². The van der Waals surface area contributed by atoms with E-state index in [0.29, 0.717) is 12.0 Å². The van der Waals surface area contributed by atoms with Gasteiger partial charge in [0.05, 0.1) is 0 Å². The highest BCUT2D eigenvalue weighted by atomic mass is 35.5.